The Morgan fingerprint density at radius 2 is 2.43 bits per heavy atom. The third kappa shape index (κ3) is 1.72. The summed E-state index contributed by atoms with van der Waals surface area (Å²) in [6.07, 6.45) is 1.01. The molecule has 1 saturated carbocycles. The molecule has 0 spiro atoms. The standard InChI is InChI=1S/C12H13NO/c1-2-14-11-5-3-4-9(6-11)12-7-10(12)8-13/h3-6,10,12H,2,7H2,1H3. The fourth-order valence-electron chi connectivity index (χ4n) is 1.71. The van der Waals surface area contributed by atoms with E-state index in [1.165, 1.54) is 5.56 Å². The Bertz CT molecular complexity index is 367. The monoisotopic (exact) mass is 187 g/mol. The second-order valence-electron chi connectivity index (χ2n) is 3.58. The highest BCUT2D eigenvalue weighted by molar-refractivity contribution is 5.35. The molecule has 0 bridgehead atoms. The van der Waals surface area contributed by atoms with Crippen molar-refractivity contribution in [2.45, 2.75) is 19.3 Å². The highest BCUT2D eigenvalue weighted by Gasteiger charge is 2.38. The third-order valence-electron chi connectivity index (χ3n) is 2.55. The average Bonchev–Trinajstić information content (AvgIpc) is 2.98. The van der Waals surface area contributed by atoms with E-state index >= 15 is 0 Å². The first kappa shape index (κ1) is 9.08. The zero-order valence-electron chi connectivity index (χ0n) is 8.23. The molecule has 72 valence electrons. The van der Waals surface area contributed by atoms with Crippen molar-refractivity contribution in [2.24, 2.45) is 5.92 Å². The van der Waals surface area contributed by atoms with E-state index in [1.54, 1.807) is 0 Å². The molecule has 14 heavy (non-hydrogen) atoms. The van der Waals surface area contributed by atoms with Gasteiger partial charge in [-0.2, -0.15) is 5.26 Å². The highest BCUT2D eigenvalue weighted by atomic mass is 16.5. The van der Waals surface area contributed by atoms with Crippen molar-refractivity contribution in [3.05, 3.63) is 29.8 Å². The first-order valence-electron chi connectivity index (χ1n) is 4.97. The second-order valence-corrected chi connectivity index (χ2v) is 3.58. The molecule has 1 aliphatic carbocycles. The van der Waals surface area contributed by atoms with Crippen LogP contribution in [-0.2, 0) is 0 Å². The SMILES string of the molecule is CCOc1cccc(C2CC2C#N)c1. The van der Waals surface area contributed by atoms with Crippen molar-refractivity contribution in [1.82, 2.24) is 0 Å². The third-order valence-corrected chi connectivity index (χ3v) is 2.55. The molecule has 0 radical (unpaired) electrons. The summed E-state index contributed by atoms with van der Waals surface area (Å²) in [6.45, 7) is 2.66. The van der Waals surface area contributed by atoms with Crippen molar-refractivity contribution in [1.29, 1.82) is 5.26 Å². The van der Waals surface area contributed by atoms with Crippen LogP contribution in [0.15, 0.2) is 24.3 Å². The lowest BCUT2D eigenvalue weighted by molar-refractivity contribution is 0.340. The fraction of sp³-hybridized carbons (Fsp3) is 0.417. The van der Waals surface area contributed by atoms with E-state index in [0.717, 1.165) is 12.2 Å². The lowest BCUT2D eigenvalue weighted by atomic mass is 10.1. The van der Waals surface area contributed by atoms with Crippen LogP contribution in [0.3, 0.4) is 0 Å². The van der Waals surface area contributed by atoms with E-state index in [-0.39, 0.29) is 5.92 Å². The van der Waals surface area contributed by atoms with Crippen molar-refractivity contribution in [3.8, 4) is 11.8 Å². The van der Waals surface area contributed by atoms with Crippen LogP contribution in [0.2, 0.25) is 0 Å². The van der Waals surface area contributed by atoms with E-state index < -0.39 is 0 Å². The summed E-state index contributed by atoms with van der Waals surface area (Å²) in [5.74, 6) is 1.58. The van der Waals surface area contributed by atoms with Gasteiger partial charge in [-0.25, -0.2) is 0 Å². The first-order valence-corrected chi connectivity index (χ1v) is 4.97. The molecule has 2 rings (SSSR count). The molecule has 0 heterocycles. The Morgan fingerprint density at radius 1 is 1.57 bits per heavy atom. The predicted molar refractivity (Wildman–Crippen MR) is 54.1 cm³/mol. The largest absolute Gasteiger partial charge is 0.494 e. The van der Waals surface area contributed by atoms with Crippen LogP contribution in [0.1, 0.15) is 24.8 Å². The Kier molecular flexibility index (Phi) is 2.41. The summed E-state index contributed by atoms with van der Waals surface area (Å²) in [4.78, 5) is 0. The van der Waals surface area contributed by atoms with Crippen molar-refractivity contribution < 1.29 is 4.74 Å². The summed E-state index contributed by atoms with van der Waals surface area (Å²) in [6, 6.07) is 10.4. The number of nitriles is 1. The second kappa shape index (κ2) is 3.71. The summed E-state index contributed by atoms with van der Waals surface area (Å²) in [5, 5.41) is 8.73. The minimum atomic E-state index is 0.229. The molecule has 1 aromatic rings. The van der Waals surface area contributed by atoms with Gasteiger partial charge in [0, 0.05) is 5.92 Å². The molecule has 2 heteroatoms. The van der Waals surface area contributed by atoms with Gasteiger partial charge in [-0.15, -0.1) is 0 Å². The summed E-state index contributed by atoms with van der Waals surface area (Å²) >= 11 is 0. The van der Waals surface area contributed by atoms with Crippen LogP contribution < -0.4 is 4.74 Å². The maximum absolute atomic E-state index is 8.73. The van der Waals surface area contributed by atoms with Crippen LogP contribution in [0.4, 0.5) is 0 Å². The molecule has 2 atom stereocenters. The fourth-order valence-corrected chi connectivity index (χ4v) is 1.71. The number of rotatable bonds is 3. The quantitative estimate of drug-likeness (QED) is 0.728. The van der Waals surface area contributed by atoms with E-state index in [9.17, 15) is 0 Å². The summed E-state index contributed by atoms with van der Waals surface area (Å²) < 4.78 is 5.41. The van der Waals surface area contributed by atoms with Gasteiger partial charge in [-0.3, -0.25) is 0 Å². The van der Waals surface area contributed by atoms with E-state index in [1.807, 2.05) is 25.1 Å². The van der Waals surface area contributed by atoms with Crippen LogP contribution in [0.5, 0.6) is 5.75 Å². The van der Waals surface area contributed by atoms with Crippen LogP contribution >= 0.6 is 0 Å². The molecule has 1 aliphatic rings. The number of ether oxygens (including phenoxy) is 1. The van der Waals surface area contributed by atoms with Crippen molar-refractivity contribution in [3.63, 3.8) is 0 Å². The Balaban J connectivity index is 2.12. The van der Waals surface area contributed by atoms with Gasteiger partial charge in [-0.05, 0) is 31.0 Å². The van der Waals surface area contributed by atoms with Crippen molar-refractivity contribution >= 4 is 0 Å². The molecule has 0 N–H and O–H groups in total. The van der Waals surface area contributed by atoms with Gasteiger partial charge in [0.1, 0.15) is 5.75 Å². The van der Waals surface area contributed by atoms with Gasteiger partial charge in [0.2, 0.25) is 0 Å². The average molecular weight is 187 g/mol. The molecule has 1 aromatic carbocycles. The molecule has 0 saturated heterocycles. The molecule has 0 amide bonds. The molecule has 0 aliphatic heterocycles. The number of hydrogen-bond acceptors (Lipinski definition) is 2. The number of benzene rings is 1. The summed E-state index contributed by atoms with van der Waals surface area (Å²) in [5.41, 5.74) is 1.24. The van der Waals surface area contributed by atoms with Gasteiger partial charge in [0.25, 0.3) is 0 Å². The van der Waals surface area contributed by atoms with E-state index in [4.69, 9.17) is 10.00 Å². The lowest BCUT2D eigenvalue weighted by Gasteiger charge is -2.04. The predicted octanol–water partition coefficient (Wildman–Crippen LogP) is 2.71. The highest BCUT2D eigenvalue weighted by Crippen LogP contribution is 2.47. The molecule has 1 fully saturated rings. The smallest absolute Gasteiger partial charge is 0.119 e. The van der Waals surface area contributed by atoms with Crippen LogP contribution in [0, 0.1) is 17.2 Å². The minimum Gasteiger partial charge on any atom is -0.494 e. The lowest BCUT2D eigenvalue weighted by Crippen LogP contribution is -1.92. The Morgan fingerprint density at radius 3 is 3.07 bits per heavy atom. The molecule has 2 nitrogen and oxygen atoms in total. The van der Waals surface area contributed by atoms with Gasteiger partial charge in [-0.1, -0.05) is 12.1 Å². The molecular weight excluding hydrogens is 174 g/mol. The Hall–Kier alpha value is -1.49. The van der Waals surface area contributed by atoms with Crippen molar-refractivity contribution in [2.75, 3.05) is 6.61 Å². The Labute approximate surface area is 84.1 Å². The van der Waals surface area contributed by atoms with Gasteiger partial charge in [0.15, 0.2) is 0 Å². The van der Waals surface area contributed by atoms with E-state index in [2.05, 4.69) is 12.1 Å². The first-order chi connectivity index (χ1) is 6.85. The maximum atomic E-state index is 8.73. The normalized spacial score (nSPS) is 24.0. The molecular formula is C12H13NO. The van der Waals surface area contributed by atoms with E-state index in [0.29, 0.717) is 12.5 Å². The van der Waals surface area contributed by atoms with Gasteiger partial charge >= 0.3 is 0 Å². The van der Waals surface area contributed by atoms with Gasteiger partial charge in [0.05, 0.1) is 18.6 Å². The molecule has 2 unspecified atom stereocenters. The number of nitrogens with zero attached hydrogens (tertiary/aromatic N) is 1. The zero-order valence-corrected chi connectivity index (χ0v) is 8.23. The zero-order chi connectivity index (χ0) is 9.97. The summed E-state index contributed by atoms with van der Waals surface area (Å²) in [7, 11) is 0. The topological polar surface area (TPSA) is 33.0 Å². The number of hydrogen-bond donors (Lipinski definition) is 0. The minimum absolute atomic E-state index is 0.229. The van der Waals surface area contributed by atoms with Crippen LogP contribution in [0.25, 0.3) is 0 Å². The van der Waals surface area contributed by atoms with Gasteiger partial charge < -0.3 is 4.74 Å². The molecule has 0 aromatic heterocycles. The maximum Gasteiger partial charge on any atom is 0.119 e. The van der Waals surface area contributed by atoms with Crippen LogP contribution in [-0.4, -0.2) is 6.61 Å².